The maximum absolute atomic E-state index is 14.0. The number of nitrogens with zero attached hydrogens (tertiary/aromatic N) is 2. The number of halogens is 1. The van der Waals surface area contributed by atoms with Gasteiger partial charge in [-0.2, -0.15) is 0 Å². The molecule has 1 fully saturated rings. The first-order valence-corrected chi connectivity index (χ1v) is 7.22. The highest BCUT2D eigenvalue weighted by Gasteiger charge is 2.33. The molecule has 5 heteroatoms. The molecule has 1 aromatic carbocycles. The molecule has 1 amide bonds. The number of methoxy groups -OCH3 is 1. The normalized spacial score (nSPS) is 13.7. The molecule has 3 rings (SSSR count). The van der Waals surface area contributed by atoms with Crippen LogP contribution in [0.25, 0.3) is 0 Å². The van der Waals surface area contributed by atoms with E-state index in [0.29, 0.717) is 16.9 Å². The first-order valence-electron chi connectivity index (χ1n) is 7.22. The lowest BCUT2D eigenvalue weighted by atomic mass is 10.1. The van der Waals surface area contributed by atoms with Gasteiger partial charge in [0.1, 0.15) is 11.6 Å². The first kappa shape index (κ1) is 14.5. The molecule has 1 heterocycles. The number of carbonyl (C=O) groups excluding carboxylic acids is 1. The number of rotatable bonds is 5. The van der Waals surface area contributed by atoms with Crippen LogP contribution in [0.5, 0.6) is 5.75 Å². The zero-order valence-corrected chi connectivity index (χ0v) is 12.3. The molecule has 0 N–H and O–H groups in total. The van der Waals surface area contributed by atoms with Crippen LogP contribution >= 0.6 is 0 Å². The topological polar surface area (TPSA) is 42.4 Å². The number of ether oxygens (including phenoxy) is 1. The van der Waals surface area contributed by atoms with Crippen LogP contribution in [-0.4, -0.2) is 28.9 Å². The Kier molecular flexibility index (Phi) is 4.04. The van der Waals surface area contributed by atoms with Crippen molar-refractivity contribution in [3.63, 3.8) is 0 Å². The Hall–Kier alpha value is -2.43. The van der Waals surface area contributed by atoms with Gasteiger partial charge in [0.05, 0.1) is 12.7 Å². The Morgan fingerprint density at radius 2 is 2.23 bits per heavy atom. The van der Waals surface area contributed by atoms with Crippen LogP contribution in [0.1, 0.15) is 28.8 Å². The van der Waals surface area contributed by atoms with Crippen LogP contribution in [-0.2, 0) is 6.54 Å². The lowest BCUT2D eigenvalue weighted by Gasteiger charge is -2.23. The highest BCUT2D eigenvalue weighted by Crippen LogP contribution is 2.30. The average Bonchev–Trinajstić information content (AvgIpc) is 3.39. The number of hydrogen-bond donors (Lipinski definition) is 0. The van der Waals surface area contributed by atoms with E-state index in [-0.39, 0.29) is 24.3 Å². The minimum absolute atomic E-state index is 0.113. The number of aromatic nitrogens is 1. The van der Waals surface area contributed by atoms with Gasteiger partial charge in [0.2, 0.25) is 0 Å². The van der Waals surface area contributed by atoms with Crippen molar-refractivity contribution in [3.05, 3.63) is 59.7 Å². The van der Waals surface area contributed by atoms with Crippen LogP contribution in [0.3, 0.4) is 0 Å². The second-order valence-corrected chi connectivity index (χ2v) is 5.36. The first-order chi connectivity index (χ1) is 10.7. The van der Waals surface area contributed by atoms with Gasteiger partial charge in [0, 0.05) is 30.5 Å². The summed E-state index contributed by atoms with van der Waals surface area (Å²) in [4.78, 5) is 18.3. The van der Waals surface area contributed by atoms with Gasteiger partial charge in [0.15, 0.2) is 0 Å². The molecule has 2 aromatic rings. The molecule has 0 bridgehead atoms. The van der Waals surface area contributed by atoms with Crippen molar-refractivity contribution in [3.8, 4) is 5.75 Å². The molecule has 114 valence electrons. The molecule has 22 heavy (non-hydrogen) atoms. The minimum atomic E-state index is -0.328. The van der Waals surface area contributed by atoms with Crippen molar-refractivity contribution in [2.24, 2.45) is 0 Å². The number of pyridine rings is 1. The maximum atomic E-state index is 14.0. The number of amides is 1. The summed E-state index contributed by atoms with van der Waals surface area (Å²) in [6, 6.07) is 8.22. The van der Waals surface area contributed by atoms with E-state index in [1.807, 2.05) is 0 Å². The van der Waals surface area contributed by atoms with Crippen molar-refractivity contribution in [1.29, 1.82) is 0 Å². The maximum Gasteiger partial charge on any atom is 0.255 e. The van der Waals surface area contributed by atoms with Gasteiger partial charge >= 0.3 is 0 Å². The average molecular weight is 300 g/mol. The van der Waals surface area contributed by atoms with Crippen molar-refractivity contribution >= 4 is 5.91 Å². The van der Waals surface area contributed by atoms with E-state index < -0.39 is 0 Å². The second kappa shape index (κ2) is 6.13. The summed E-state index contributed by atoms with van der Waals surface area (Å²) in [6.45, 7) is 0.238. The minimum Gasteiger partial charge on any atom is -0.497 e. The summed E-state index contributed by atoms with van der Waals surface area (Å²) in [7, 11) is 1.54. The molecule has 1 aromatic heterocycles. The van der Waals surface area contributed by atoms with E-state index in [1.165, 1.54) is 13.2 Å². The molecular formula is C17H17FN2O2. The van der Waals surface area contributed by atoms with Gasteiger partial charge in [-0.05, 0) is 43.2 Å². The quantitative estimate of drug-likeness (QED) is 0.852. The SMILES string of the molecule is COc1ccc(F)c(CN(C(=O)c2cccnc2)C2CC2)c1. The molecule has 0 atom stereocenters. The highest BCUT2D eigenvalue weighted by molar-refractivity contribution is 5.94. The third-order valence-corrected chi connectivity index (χ3v) is 3.75. The standard InChI is InChI=1S/C17H17FN2O2/c1-22-15-6-7-16(18)13(9-15)11-20(14-4-5-14)17(21)12-3-2-8-19-10-12/h2-3,6-10,14H,4-5,11H2,1H3. The fourth-order valence-corrected chi connectivity index (χ4v) is 2.39. The molecule has 1 aliphatic rings. The van der Waals surface area contributed by atoms with Crippen molar-refractivity contribution in [2.45, 2.75) is 25.4 Å². The van der Waals surface area contributed by atoms with Crippen LogP contribution in [0.2, 0.25) is 0 Å². The van der Waals surface area contributed by atoms with Gasteiger partial charge in [-0.15, -0.1) is 0 Å². The van der Waals surface area contributed by atoms with Crippen LogP contribution in [0.15, 0.2) is 42.7 Å². The largest absolute Gasteiger partial charge is 0.497 e. The van der Waals surface area contributed by atoms with E-state index in [2.05, 4.69) is 4.98 Å². The lowest BCUT2D eigenvalue weighted by molar-refractivity contribution is 0.0727. The van der Waals surface area contributed by atoms with Crippen LogP contribution in [0, 0.1) is 5.82 Å². The van der Waals surface area contributed by atoms with E-state index in [9.17, 15) is 9.18 Å². The predicted octanol–water partition coefficient (Wildman–Crippen LogP) is 3.03. The van der Waals surface area contributed by atoms with Gasteiger partial charge in [-0.3, -0.25) is 9.78 Å². The smallest absolute Gasteiger partial charge is 0.255 e. The van der Waals surface area contributed by atoms with Gasteiger partial charge in [-0.1, -0.05) is 0 Å². The molecule has 0 unspecified atom stereocenters. The van der Waals surface area contributed by atoms with E-state index in [1.54, 1.807) is 41.6 Å². The van der Waals surface area contributed by atoms with E-state index in [0.717, 1.165) is 12.8 Å². The molecule has 0 aliphatic heterocycles. The van der Waals surface area contributed by atoms with Gasteiger partial charge in [0.25, 0.3) is 5.91 Å². The monoisotopic (exact) mass is 300 g/mol. The summed E-state index contributed by atoms with van der Waals surface area (Å²) in [5, 5.41) is 0. The molecule has 4 nitrogen and oxygen atoms in total. The summed E-state index contributed by atoms with van der Waals surface area (Å²) < 4.78 is 19.1. The van der Waals surface area contributed by atoms with E-state index >= 15 is 0 Å². The molecule has 1 aliphatic carbocycles. The zero-order valence-electron chi connectivity index (χ0n) is 12.3. The third-order valence-electron chi connectivity index (χ3n) is 3.75. The Balaban J connectivity index is 1.85. The Bertz CT molecular complexity index is 672. The number of benzene rings is 1. The molecule has 0 saturated heterocycles. The van der Waals surface area contributed by atoms with Gasteiger partial charge in [-0.25, -0.2) is 4.39 Å². The van der Waals surface area contributed by atoms with Crippen LogP contribution < -0.4 is 4.74 Å². The molecule has 1 saturated carbocycles. The van der Waals surface area contributed by atoms with Crippen molar-refractivity contribution in [2.75, 3.05) is 7.11 Å². The van der Waals surface area contributed by atoms with Crippen LogP contribution in [0.4, 0.5) is 4.39 Å². The third kappa shape index (κ3) is 3.08. The second-order valence-electron chi connectivity index (χ2n) is 5.36. The summed E-state index contributed by atoms with van der Waals surface area (Å²) >= 11 is 0. The predicted molar refractivity (Wildman–Crippen MR) is 80.1 cm³/mol. The molecular weight excluding hydrogens is 283 g/mol. The molecule has 0 spiro atoms. The fraction of sp³-hybridized carbons (Fsp3) is 0.294. The van der Waals surface area contributed by atoms with Crippen molar-refractivity contribution < 1.29 is 13.9 Å². The highest BCUT2D eigenvalue weighted by atomic mass is 19.1. The summed E-state index contributed by atoms with van der Waals surface area (Å²) in [5.41, 5.74) is 0.987. The summed E-state index contributed by atoms with van der Waals surface area (Å²) in [6.07, 6.45) is 5.08. The van der Waals surface area contributed by atoms with Gasteiger partial charge < -0.3 is 9.64 Å². The fourth-order valence-electron chi connectivity index (χ4n) is 2.39. The summed E-state index contributed by atoms with van der Waals surface area (Å²) in [5.74, 6) is 0.143. The van der Waals surface area contributed by atoms with E-state index in [4.69, 9.17) is 4.74 Å². The lowest BCUT2D eigenvalue weighted by Crippen LogP contribution is -2.33. The Morgan fingerprint density at radius 1 is 1.41 bits per heavy atom. The Morgan fingerprint density at radius 3 is 2.86 bits per heavy atom. The molecule has 0 radical (unpaired) electrons. The zero-order chi connectivity index (χ0) is 15.5. The number of hydrogen-bond acceptors (Lipinski definition) is 3. The van der Waals surface area contributed by atoms with Crippen molar-refractivity contribution in [1.82, 2.24) is 9.88 Å². The Labute approximate surface area is 128 Å². The number of carbonyl (C=O) groups is 1.